The van der Waals surface area contributed by atoms with E-state index in [4.69, 9.17) is 0 Å². The van der Waals surface area contributed by atoms with Crippen molar-refractivity contribution in [2.24, 2.45) is 0 Å². The fraction of sp³-hybridized carbons (Fsp3) is 0.538. The van der Waals surface area contributed by atoms with Gasteiger partial charge in [0.05, 0.1) is 6.10 Å². The highest BCUT2D eigenvalue weighted by atomic mass is 35.5. The second-order valence-electron chi connectivity index (χ2n) is 4.45. The summed E-state index contributed by atoms with van der Waals surface area (Å²) >= 11 is 0. The Morgan fingerprint density at radius 1 is 1.33 bits per heavy atom. The van der Waals surface area contributed by atoms with E-state index in [0.717, 1.165) is 26.1 Å². The fourth-order valence-electron chi connectivity index (χ4n) is 2.28. The van der Waals surface area contributed by atoms with Crippen molar-refractivity contribution in [3.8, 4) is 0 Å². The van der Waals surface area contributed by atoms with Gasteiger partial charge in [-0.25, -0.2) is 0 Å². The molecule has 1 saturated heterocycles. The van der Waals surface area contributed by atoms with E-state index < -0.39 is 0 Å². The van der Waals surface area contributed by atoms with Crippen LogP contribution in [-0.4, -0.2) is 42.8 Å². The van der Waals surface area contributed by atoms with Crippen molar-refractivity contribution in [3.05, 3.63) is 35.9 Å². The molecule has 5 heteroatoms. The maximum absolute atomic E-state index is 9.49. The van der Waals surface area contributed by atoms with E-state index in [9.17, 15) is 5.11 Å². The van der Waals surface area contributed by atoms with Crippen LogP contribution in [0.5, 0.6) is 0 Å². The van der Waals surface area contributed by atoms with Crippen LogP contribution in [0.4, 0.5) is 0 Å². The van der Waals surface area contributed by atoms with Gasteiger partial charge in [0.25, 0.3) is 0 Å². The van der Waals surface area contributed by atoms with Gasteiger partial charge in [0, 0.05) is 25.7 Å². The summed E-state index contributed by atoms with van der Waals surface area (Å²) in [6.07, 6.45) is 0.777. The molecule has 1 aliphatic rings. The highest BCUT2D eigenvalue weighted by Crippen LogP contribution is 2.17. The van der Waals surface area contributed by atoms with E-state index >= 15 is 0 Å². The first-order valence-corrected chi connectivity index (χ1v) is 5.92. The lowest BCUT2D eigenvalue weighted by molar-refractivity contribution is 0.173. The summed E-state index contributed by atoms with van der Waals surface area (Å²) in [7, 11) is 1.99. The van der Waals surface area contributed by atoms with Crippen LogP contribution in [0, 0.1) is 0 Å². The molecule has 1 aromatic rings. The zero-order chi connectivity index (χ0) is 11.4. The smallest absolute Gasteiger partial charge is 0.0679 e. The number of nitrogens with zero attached hydrogens (tertiary/aromatic N) is 1. The number of likely N-dealkylation sites (N-methyl/N-ethyl adjacent to an activating group) is 1. The minimum absolute atomic E-state index is 0. The van der Waals surface area contributed by atoms with Crippen molar-refractivity contribution < 1.29 is 5.11 Å². The van der Waals surface area contributed by atoms with Gasteiger partial charge in [0.15, 0.2) is 0 Å². The third-order valence-electron chi connectivity index (χ3n) is 3.24. The topological polar surface area (TPSA) is 35.5 Å². The van der Waals surface area contributed by atoms with Gasteiger partial charge in [-0.2, -0.15) is 0 Å². The van der Waals surface area contributed by atoms with E-state index in [2.05, 4.69) is 34.5 Å². The van der Waals surface area contributed by atoms with Crippen LogP contribution in [0.3, 0.4) is 0 Å². The molecule has 1 fully saturated rings. The lowest BCUT2D eigenvalue weighted by Crippen LogP contribution is -2.32. The number of aliphatic hydroxyl groups is 1. The third kappa shape index (κ3) is 4.75. The molecule has 0 saturated carbocycles. The maximum atomic E-state index is 9.49. The number of halogens is 2. The summed E-state index contributed by atoms with van der Waals surface area (Å²) < 4.78 is 0. The molecule has 18 heavy (non-hydrogen) atoms. The van der Waals surface area contributed by atoms with Gasteiger partial charge in [0.1, 0.15) is 0 Å². The molecule has 0 amide bonds. The first kappa shape index (κ1) is 17.7. The van der Waals surface area contributed by atoms with E-state index in [1.54, 1.807) is 0 Å². The van der Waals surface area contributed by atoms with Gasteiger partial charge >= 0.3 is 0 Å². The minimum Gasteiger partial charge on any atom is -0.392 e. The van der Waals surface area contributed by atoms with Crippen LogP contribution in [-0.2, 0) is 0 Å². The molecule has 2 N–H and O–H groups in total. The van der Waals surface area contributed by atoms with Gasteiger partial charge in [-0.1, -0.05) is 30.3 Å². The molecule has 1 aromatic carbocycles. The van der Waals surface area contributed by atoms with Crippen molar-refractivity contribution in [1.29, 1.82) is 0 Å². The summed E-state index contributed by atoms with van der Waals surface area (Å²) in [6.45, 7) is 2.79. The Morgan fingerprint density at radius 3 is 2.50 bits per heavy atom. The van der Waals surface area contributed by atoms with E-state index in [0.29, 0.717) is 6.04 Å². The zero-order valence-corrected chi connectivity index (χ0v) is 12.2. The van der Waals surface area contributed by atoms with Crippen LogP contribution in [0.25, 0.3) is 0 Å². The van der Waals surface area contributed by atoms with Crippen molar-refractivity contribution in [1.82, 2.24) is 10.2 Å². The molecule has 0 aromatic heterocycles. The average Bonchev–Trinajstić information content (AvgIpc) is 2.73. The van der Waals surface area contributed by atoms with Gasteiger partial charge in [-0.3, -0.25) is 4.90 Å². The molecule has 104 valence electrons. The molecule has 1 aliphatic heterocycles. The second kappa shape index (κ2) is 8.73. The molecule has 2 rings (SSSR count). The molecule has 3 nitrogen and oxygen atoms in total. The predicted octanol–water partition coefficient (Wildman–Crippen LogP) is 1.86. The predicted molar refractivity (Wildman–Crippen MR) is 79.8 cm³/mol. The molecule has 0 aliphatic carbocycles. The Balaban J connectivity index is 0.00000144. The Labute approximate surface area is 121 Å². The molecule has 2 atom stereocenters. The minimum atomic E-state index is -0.131. The molecule has 0 unspecified atom stereocenters. The lowest BCUT2D eigenvalue weighted by Gasteiger charge is -2.23. The van der Waals surface area contributed by atoms with Crippen LogP contribution in [0.1, 0.15) is 18.0 Å². The molecule has 0 spiro atoms. The number of β-amino-alcohol motifs (C(OH)–C–C–N with tert-alkyl or cyclic N) is 1. The van der Waals surface area contributed by atoms with Crippen molar-refractivity contribution in [3.63, 3.8) is 0 Å². The molecule has 0 radical (unpaired) electrons. The summed E-state index contributed by atoms with van der Waals surface area (Å²) in [4.78, 5) is 2.32. The van der Waals surface area contributed by atoms with E-state index in [1.807, 2.05) is 13.1 Å². The summed E-state index contributed by atoms with van der Waals surface area (Å²) in [5.74, 6) is 0. The van der Waals surface area contributed by atoms with Gasteiger partial charge in [-0.15, -0.1) is 24.8 Å². The Hall–Kier alpha value is -0.320. The largest absolute Gasteiger partial charge is 0.392 e. The summed E-state index contributed by atoms with van der Waals surface area (Å²) in [5.41, 5.74) is 1.31. The van der Waals surface area contributed by atoms with Crippen LogP contribution in [0.2, 0.25) is 0 Å². The van der Waals surface area contributed by atoms with Crippen LogP contribution < -0.4 is 5.32 Å². The number of benzene rings is 1. The SMILES string of the molecule is CN[C@H](CN1CC[C@H](O)C1)c1ccccc1.Cl.Cl. The van der Waals surface area contributed by atoms with E-state index in [1.165, 1.54) is 5.56 Å². The molecule has 0 bridgehead atoms. The fourth-order valence-corrected chi connectivity index (χ4v) is 2.28. The summed E-state index contributed by atoms with van der Waals surface area (Å²) in [6, 6.07) is 10.8. The summed E-state index contributed by atoms with van der Waals surface area (Å²) in [5, 5.41) is 12.8. The number of hydrogen-bond donors (Lipinski definition) is 2. The second-order valence-corrected chi connectivity index (χ2v) is 4.45. The van der Waals surface area contributed by atoms with Crippen LogP contribution in [0.15, 0.2) is 30.3 Å². The number of likely N-dealkylation sites (tertiary alicyclic amines) is 1. The first-order valence-electron chi connectivity index (χ1n) is 5.92. The molecule has 1 heterocycles. The number of nitrogens with one attached hydrogen (secondary N) is 1. The van der Waals surface area contributed by atoms with Crippen molar-refractivity contribution in [2.45, 2.75) is 18.6 Å². The molecular formula is C13H22Cl2N2O. The number of aliphatic hydroxyl groups excluding tert-OH is 1. The molecular weight excluding hydrogens is 271 g/mol. The zero-order valence-electron chi connectivity index (χ0n) is 10.6. The van der Waals surface area contributed by atoms with Gasteiger partial charge in [0.2, 0.25) is 0 Å². The number of rotatable bonds is 4. The Morgan fingerprint density at radius 2 is 2.00 bits per heavy atom. The van der Waals surface area contributed by atoms with Crippen LogP contribution >= 0.6 is 24.8 Å². The van der Waals surface area contributed by atoms with Gasteiger partial charge < -0.3 is 10.4 Å². The maximum Gasteiger partial charge on any atom is 0.0679 e. The lowest BCUT2D eigenvalue weighted by atomic mass is 10.1. The highest BCUT2D eigenvalue weighted by Gasteiger charge is 2.22. The van der Waals surface area contributed by atoms with E-state index in [-0.39, 0.29) is 30.9 Å². The number of hydrogen-bond acceptors (Lipinski definition) is 3. The average molecular weight is 293 g/mol. The van der Waals surface area contributed by atoms with Crippen molar-refractivity contribution >= 4 is 24.8 Å². The standard InChI is InChI=1S/C13H20N2O.2ClH/c1-14-13(11-5-3-2-4-6-11)10-15-8-7-12(16)9-15;;/h2-6,12-14,16H,7-10H2,1H3;2*1H/t12-,13+;;/m0../s1. The Kier molecular flexibility index (Phi) is 8.57. The van der Waals surface area contributed by atoms with Crippen molar-refractivity contribution in [2.75, 3.05) is 26.7 Å². The first-order chi connectivity index (χ1) is 7.79. The van der Waals surface area contributed by atoms with Gasteiger partial charge in [-0.05, 0) is 19.0 Å². The third-order valence-corrected chi connectivity index (χ3v) is 3.24. The monoisotopic (exact) mass is 292 g/mol. The quantitative estimate of drug-likeness (QED) is 0.889. The normalized spacial score (nSPS) is 20.9. The highest BCUT2D eigenvalue weighted by molar-refractivity contribution is 5.85. The Bertz CT molecular complexity index is 324.